The minimum Gasteiger partial charge on any atom is -0.268 e. The van der Waals surface area contributed by atoms with Crippen molar-refractivity contribution in [1.29, 1.82) is 0 Å². The van der Waals surface area contributed by atoms with Crippen LogP contribution in [-0.2, 0) is 0 Å². The zero-order chi connectivity index (χ0) is 37.6. The van der Waals surface area contributed by atoms with Crippen molar-refractivity contribution in [3.05, 3.63) is 227 Å². The molecule has 0 radical (unpaired) electrons. The molecule has 0 aliphatic carbocycles. The van der Waals surface area contributed by atoms with Crippen molar-refractivity contribution < 1.29 is 0 Å². The standard InChI is InChI=1S/C52H34N2O2/c55-51-49-47-27-15-13-25-45(47)46-26-14-16-28-48(46)50(49)53(43-31-39(35-17-5-1-6-18-35)29-40(32-43)36-19-7-2-8-20-36)52(56)54(51)44-33-41(37-21-9-3-10-22-37)30-42(34-44)38-23-11-4-12-24-38/h1-34H. The first-order chi connectivity index (χ1) is 27.6. The Kier molecular flexibility index (Phi) is 8.08. The molecule has 4 heteroatoms. The van der Waals surface area contributed by atoms with Crippen LogP contribution in [0.25, 0.3) is 88.3 Å². The van der Waals surface area contributed by atoms with Gasteiger partial charge in [0, 0.05) is 5.39 Å². The van der Waals surface area contributed by atoms with E-state index in [0.717, 1.165) is 66.1 Å². The van der Waals surface area contributed by atoms with Gasteiger partial charge in [-0.05, 0) is 97.1 Å². The molecule has 0 atom stereocenters. The molecule has 10 rings (SSSR count). The molecule has 0 spiro atoms. The van der Waals surface area contributed by atoms with E-state index in [9.17, 15) is 0 Å². The van der Waals surface area contributed by atoms with Crippen LogP contribution >= 0.6 is 0 Å². The van der Waals surface area contributed by atoms with E-state index in [1.807, 2.05) is 121 Å². The summed E-state index contributed by atoms with van der Waals surface area (Å²) < 4.78 is 3.14. The first-order valence-corrected chi connectivity index (χ1v) is 18.8. The van der Waals surface area contributed by atoms with Gasteiger partial charge in [0.15, 0.2) is 0 Å². The SMILES string of the molecule is O=c1c2c3ccccc3c3ccccc3c2n(-c2cc(-c3ccccc3)cc(-c3ccccc3)c2)c(=O)n1-c1cc(-c2ccccc2)cc(-c2ccccc2)c1. The predicted molar refractivity (Wildman–Crippen MR) is 232 cm³/mol. The molecule has 0 aliphatic rings. The summed E-state index contributed by atoms with van der Waals surface area (Å²) in [5.74, 6) is 0. The fourth-order valence-electron chi connectivity index (χ4n) is 8.10. The number of benzene rings is 9. The van der Waals surface area contributed by atoms with E-state index in [1.54, 1.807) is 4.57 Å². The van der Waals surface area contributed by atoms with E-state index in [2.05, 4.69) is 84.9 Å². The molecule has 0 N–H and O–H groups in total. The van der Waals surface area contributed by atoms with E-state index in [1.165, 1.54) is 4.57 Å². The molecule has 264 valence electrons. The van der Waals surface area contributed by atoms with Crippen LogP contribution in [0.3, 0.4) is 0 Å². The van der Waals surface area contributed by atoms with Gasteiger partial charge in [-0.15, -0.1) is 0 Å². The Labute approximate surface area is 323 Å². The Morgan fingerprint density at radius 1 is 0.286 bits per heavy atom. The lowest BCUT2D eigenvalue weighted by Gasteiger charge is -2.20. The molecule has 0 saturated heterocycles. The Bertz CT molecular complexity index is 3090. The van der Waals surface area contributed by atoms with Crippen LogP contribution in [0.2, 0.25) is 0 Å². The van der Waals surface area contributed by atoms with Crippen LogP contribution in [0.4, 0.5) is 0 Å². The van der Waals surface area contributed by atoms with Crippen molar-refractivity contribution in [3.8, 4) is 55.9 Å². The molecule has 0 bridgehead atoms. The quantitative estimate of drug-likeness (QED) is 0.161. The van der Waals surface area contributed by atoms with Crippen LogP contribution in [-0.4, -0.2) is 9.13 Å². The average Bonchev–Trinajstić information content (AvgIpc) is 3.27. The maximum Gasteiger partial charge on any atom is 0.340 e. The van der Waals surface area contributed by atoms with E-state index in [-0.39, 0.29) is 5.56 Å². The second-order valence-electron chi connectivity index (χ2n) is 14.1. The van der Waals surface area contributed by atoms with Gasteiger partial charge in [0.1, 0.15) is 0 Å². The zero-order valence-corrected chi connectivity index (χ0v) is 30.3. The van der Waals surface area contributed by atoms with Gasteiger partial charge in [-0.25, -0.2) is 9.36 Å². The maximum absolute atomic E-state index is 15.7. The minimum atomic E-state index is -0.448. The third kappa shape index (κ3) is 5.64. The third-order valence-electron chi connectivity index (χ3n) is 10.7. The highest BCUT2D eigenvalue weighted by molar-refractivity contribution is 6.24. The fraction of sp³-hybridized carbons (Fsp3) is 0. The summed E-state index contributed by atoms with van der Waals surface area (Å²) in [6.45, 7) is 0. The summed E-state index contributed by atoms with van der Waals surface area (Å²) in [7, 11) is 0. The molecule has 0 fully saturated rings. The number of aromatic nitrogens is 2. The van der Waals surface area contributed by atoms with Crippen molar-refractivity contribution in [1.82, 2.24) is 9.13 Å². The highest BCUT2D eigenvalue weighted by Crippen LogP contribution is 2.37. The van der Waals surface area contributed by atoms with Gasteiger partial charge >= 0.3 is 5.69 Å². The van der Waals surface area contributed by atoms with E-state index in [4.69, 9.17) is 0 Å². The lowest BCUT2D eigenvalue weighted by Crippen LogP contribution is -2.38. The third-order valence-corrected chi connectivity index (χ3v) is 10.7. The molecule has 1 heterocycles. The van der Waals surface area contributed by atoms with Crippen LogP contribution in [0.5, 0.6) is 0 Å². The summed E-state index contributed by atoms with van der Waals surface area (Å²) >= 11 is 0. The Morgan fingerprint density at radius 3 is 1.02 bits per heavy atom. The zero-order valence-electron chi connectivity index (χ0n) is 30.3. The summed E-state index contributed by atoms with van der Waals surface area (Å²) in [6.07, 6.45) is 0. The molecule has 10 aromatic rings. The van der Waals surface area contributed by atoms with Crippen molar-refractivity contribution in [2.75, 3.05) is 0 Å². The molecule has 0 amide bonds. The molecule has 56 heavy (non-hydrogen) atoms. The highest BCUT2D eigenvalue weighted by Gasteiger charge is 2.23. The molecule has 4 nitrogen and oxygen atoms in total. The average molecular weight is 719 g/mol. The van der Waals surface area contributed by atoms with Gasteiger partial charge < -0.3 is 0 Å². The molecular formula is C52H34N2O2. The van der Waals surface area contributed by atoms with E-state index in [0.29, 0.717) is 22.3 Å². The normalized spacial score (nSPS) is 11.4. The van der Waals surface area contributed by atoms with Crippen LogP contribution in [0.15, 0.2) is 216 Å². The molecule has 1 aromatic heterocycles. The Balaban J connectivity index is 1.39. The van der Waals surface area contributed by atoms with Crippen LogP contribution in [0, 0.1) is 0 Å². The molecule has 0 aliphatic heterocycles. The summed E-state index contributed by atoms with van der Waals surface area (Å²) in [4.78, 5) is 31.1. The number of hydrogen-bond acceptors (Lipinski definition) is 2. The molecule has 0 unspecified atom stereocenters. The second-order valence-corrected chi connectivity index (χ2v) is 14.1. The van der Waals surface area contributed by atoms with Crippen LogP contribution in [0.1, 0.15) is 0 Å². The number of fused-ring (bicyclic) bond motifs is 6. The fourth-order valence-corrected chi connectivity index (χ4v) is 8.10. The smallest absolute Gasteiger partial charge is 0.268 e. The van der Waals surface area contributed by atoms with Crippen molar-refractivity contribution >= 4 is 32.4 Å². The predicted octanol–water partition coefficient (Wildman–Crippen LogP) is 12.1. The largest absolute Gasteiger partial charge is 0.340 e. The lowest BCUT2D eigenvalue weighted by molar-refractivity contribution is 0.838. The molecule has 0 saturated carbocycles. The number of nitrogens with zero attached hydrogens (tertiary/aromatic N) is 2. The number of hydrogen-bond donors (Lipinski definition) is 0. The molecule has 9 aromatic carbocycles. The summed E-state index contributed by atoms with van der Waals surface area (Å²) in [5, 5.41) is 4.03. The van der Waals surface area contributed by atoms with Gasteiger partial charge in [0.2, 0.25) is 0 Å². The monoisotopic (exact) mass is 718 g/mol. The van der Waals surface area contributed by atoms with Gasteiger partial charge in [-0.2, -0.15) is 0 Å². The topological polar surface area (TPSA) is 44.0 Å². The van der Waals surface area contributed by atoms with Gasteiger partial charge in [-0.1, -0.05) is 170 Å². The Morgan fingerprint density at radius 2 is 0.607 bits per heavy atom. The van der Waals surface area contributed by atoms with E-state index < -0.39 is 5.69 Å². The van der Waals surface area contributed by atoms with Gasteiger partial charge in [0.05, 0.1) is 22.3 Å². The van der Waals surface area contributed by atoms with Crippen molar-refractivity contribution in [2.45, 2.75) is 0 Å². The number of rotatable bonds is 6. The lowest BCUT2D eigenvalue weighted by atomic mass is 9.96. The van der Waals surface area contributed by atoms with Gasteiger partial charge in [0.25, 0.3) is 5.56 Å². The van der Waals surface area contributed by atoms with Gasteiger partial charge in [-0.3, -0.25) is 9.36 Å². The summed E-state index contributed by atoms with van der Waals surface area (Å²) in [6, 6.07) is 69.0. The second kappa shape index (κ2) is 13.7. The minimum absolute atomic E-state index is 0.366. The van der Waals surface area contributed by atoms with E-state index >= 15 is 9.59 Å². The first kappa shape index (κ1) is 33.0. The maximum atomic E-state index is 15.7. The van der Waals surface area contributed by atoms with Crippen LogP contribution < -0.4 is 11.2 Å². The Hall–Kier alpha value is -7.56. The summed E-state index contributed by atoms with van der Waals surface area (Å²) in [5.41, 5.74) is 8.67. The van der Waals surface area contributed by atoms with Crippen molar-refractivity contribution in [3.63, 3.8) is 0 Å². The highest BCUT2D eigenvalue weighted by atomic mass is 16.2. The first-order valence-electron chi connectivity index (χ1n) is 18.8. The van der Waals surface area contributed by atoms with Crippen molar-refractivity contribution in [2.24, 2.45) is 0 Å². The molecular weight excluding hydrogens is 685 g/mol.